The first-order chi connectivity index (χ1) is 14.9. The predicted molar refractivity (Wildman–Crippen MR) is 122 cm³/mol. The number of halogens is 1. The molecular weight excluding hydrogens is 432 g/mol. The standard InChI is InChI=1S/C24H19ClN2O3S/c1-26-21-10-11-23-19(14-21)12-17(16-31(29,30)22-8-3-2-4-9-22)15-27(23)24(28)18-6-5-7-20(25)13-18/h2-11,13-14,17H,12,15-16H2/t17-/m0/s1. The molecule has 0 aliphatic carbocycles. The van der Waals surface area contributed by atoms with Crippen LogP contribution in [0.4, 0.5) is 11.4 Å². The van der Waals surface area contributed by atoms with E-state index < -0.39 is 9.84 Å². The van der Waals surface area contributed by atoms with E-state index in [9.17, 15) is 13.2 Å². The number of rotatable bonds is 4. The number of hydrogen-bond donors (Lipinski definition) is 0. The first kappa shape index (κ1) is 21.1. The molecule has 0 unspecified atom stereocenters. The molecule has 1 aliphatic heterocycles. The molecule has 0 N–H and O–H groups in total. The van der Waals surface area contributed by atoms with Gasteiger partial charge in [-0.1, -0.05) is 48.0 Å². The third kappa shape index (κ3) is 4.48. The SMILES string of the molecule is [C-]#[N+]c1ccc2c(c1)C[C@H](CS(=O)(=O)c1ccccc1)CN2C(=O)c1cccc(Cl)c1. The van der Waals surface area contributed by atoms with Gasteiger partial charge in [0.25, 0.3) is 5.91 Å². The molecule has 0 saturated carbocycles. The van der Waals surface area contributed by atoms with E-state index in [1.54, 1.807) is 77.7 Å². The van der Waals surface area contributed by atoms with Crippen LogP contribution in [0.15, 0.2) is 77.7 Å². The molecule has 1 amide bonds. The third-order valence-electron chi connectivity index (χ3n) is 5.31. The van der Waals surface area contributed by atoms with E-state index in [-0.39, 0.29) is 29.0 Å². The Kier molecular flexibility index (Phi) is 5.81. The summed E-state index contributed by atoms with van der Waals surface area (Å²) in [6.45, 7) is 7.56. The van der Waals surface area contributed by atoms with Crippen molar-refractivity contribution in [1.82, 2.24) is 0 Å². The number of nitrogens with zero attached hydrogens (tertiary/aromatic N) is 2. The number of carbonyl (C=O) groups excluding carboxylic acids is 1. The molecule has 3 aromatic carbocycles. The lowest BCUT2D eigenvalue weighted by Gasteiger charge is -2.35. The van der Waals surface area contributed by atoms with Crippen LogP contribution in [0.5, 0.6) is 0 Å². The highest BCUT2D eigenvalue weighted by Gasteiger charge is 2.32. The Morgan fingerprint density at radius 1 is 1.06 bits per heavy atom. The van der Waals surface area contributed by atoms with Gasteiger partial charge in [-0.15, -0.1) is 0 Å². The zero-order valence-corrected chi connectivity index (χ0v) is 18.1. The number of amides is 1. The van der Waals surface area contributed by atoms with Crippen molar-refractivity contribution in [2.45, 2.75) is 11.3 Å². The zero-order chi connectivity index (χ0) is 22.0. The van der Waals surface area contributed by atoms with Gasteiger partial charge >= 0.3 is 0 Å². The van der Waals surface area contributed by atoms with Gasteiger partial charge in [0, 0.05) is 22.8 Å². The summed E-state index contributed by atoms with van der Waals surface area (Å²) in [5, 5.41) is 0.453. The summed E-state index contributed by atoms with van der Waals surface area (Å²) in [5.74, 6) is -0.638. The van der Waals surface area contributed by atoms with Gasteiger partial charge < -0.3 is 4.90 Å². The number of sulfone groups is 1. The van der Waals surface area contributed by atoms with Crippen molar-refractivity contribution in [2.75, 3.05) is 17.2 Å². The molecule has 7 heteroatoms. The minimum atomic E-state index is -3.52. The van der Waals surface area contributed by atoms with Crippen molar-refractivity contribution in [3.8, 4) is 0 Å². The second kappa shape index (κ2) is 8.54. The molecule has 0 radical (unpaired) electrons. The van der Waals surface area contributed by atoms with Gasteiger partial charge in [-0.3, -0.25) is 4.79 Å². The fourth-order valence-electron chi connectivity index (χ4n) is 3.92. The van der Waals surface area contributed by atoms with Crippen LogP contribution in [-0.2, 0) is 16.3 Å². The lowest BCUT2D eigenvalue weighted by atomic mass is 9.92. The molecule has 31 heavy (non-hydrogen) atoms. The topological polar surface area (TPSA) is 58.8 Å². The van der Waals surface area contributed by atoms with Crippen LogP contribution >= 0.6 is 11.6 Å². The molecule has 3 aromatic rings. The Bertz CT molecular complexity index is 1280. The summed E-state index contributed by atoms with van der Waals surface area (Å²) in [4.78, 5) is 18.7. The summed E-state index contributed by atoms with van der Waals surface area (Å²) >= 11 is 6.07. The van der Waals surface area contributed by atoms with Crippen LogP contribution in [0.25, 0.3) is 4.85 Å². The number of carbonyl (C=O) groups is 1. The van der Waals surface area contributed by atoms with E-state index in [2.05, 4.69) is 4.85 Å². The molecule has 0 fully saturated rings. The maximum atomic E-state index is 13.3. The van der Waals surface area contributed by atoms with Crippen molar-refractivity contribution in [2.24, 2.45) is 5.92 Å². The van der Waals surface area contributed by atoms with Crippen LogP contribution in [0, 0.1) is 12.5 Å². The van der Waals surface area contributed by atoms with Crippen LogP contribution in [0.2, 0.25) is 5.02 Å². The third-order valence-corrected chi connectivity index (χ3v) is 7.44. The Morgan fingerprint density at radius 3 is 2.55 bits per heavy atom. The van der Waals surface area contributed by atoms with Crippen molar-refractivity contribution >= 4 is 38.7 Å². The first-order valence-electron chi connectivity index (χ1n) is 9.73. The van der Waals surface area contributed by atoms with Crippen molar-refractivity contribution in [3.63, 3.8) is 0 Å². The van der Waals surface area contributed by atoms with Crippen molar-refractivity contribution in [3.05, 3.63) is 100 Å². The molecule has 1 aliphatic rings. The average Bonchev–Trinajstić information content (AvgIpc) is 2.78. The molecule has 156 valence electrons. The van der Waals surface area contributed by atoms with Crippen LogP contribution in [0.3, 0.4) is 0 Å². The highest BCUT2D eigenvalue weighted by atomic mass is 35.5. The van der Waals surface area contributed by atoms with E-state index in [0.29, 0.717) is 28.4 Å². The Hall–Kier alpha value is -3.14. The average molecular weight is 451 g/mol. The summed E-state index contributed by atoms with van der Waals surface area (Å²) in [6, 6.07) is 20.2. The van der Waals surface area contributed by atoms with E-state index in [1.807, 2.05) is 0 Å². The number of anilines is 1. The van der Waals surface area contributed by atoms with Gasteiger partial charge in [0.1, 0.15) is 0 Å². The monoisotopic (exact) mass is 450 g/mol. The molecule has 0 spiro atoms. The highest BCUT2D eigenvalue weighted by Crippen LogP contribution is 2.35. The van der Waals surface area contributed by atoms with E-state index in [4.69, 9.17) is 18.2 Å². The van der Waals surface area contributed by atoms with Crippen molar-refractivity contribution in [1.29, 1.82) is 0 Å². The Morgan fingerprint density at radius 2 is 1.84 bits per heavy atom. The second-order valence-electron chi connectivity index (χ2n) is 7.52. The Balaban J connectivity index is 1.70. The molecule has 5 nitrogen and oxygen atoms in total. The molecule has 0 aromatic heterocycles. The molecule has 1 heterocycles. The van der Waals surface area contributed by atoms with Crippen LogP contribution < -0.4 is 4.90 Å². The fraction of sp³-hybridized carbons (Fsp3) is 0.167. The minimum absolute atomic E-state index is 0.0853. The normalized spacial score (nSPS) is 15.7. The first-order valence-corrected chi connectivity index (χ1v) is 11.8. The number of hydrogen-bond acceptors (Lipinski definition) is 3. The summed E-state index contributed by atoms with van der Waals surface area (Å²) < 4.78 is 25.9. The minimum Gasteiger partial charge on any atom is -0.308 e. The maximum Gasteiger partial charge on any atom is 0.258 e. The Labute approximate surface area is 186 Å². The van der Waals surface area contributed by atoms with Gasteiger partial charge in [-0.2, -0.15) is 0 Å². The number of fused-ring (bicyclic) bond motifs is 1. The van der Waals surface area contributed by atoms with Crippen LogP contribution in [-0.4, -0.2) is 26.6 Å². The maximum absolute atomic E-state index is 13.3. The largest absolute Gasteiger partial charge is 0.308 e. The van der Waals surface area contributed by atoms with Gasteiger partial charge in [0.05, 0.1) is 17.2 Å². The van der Waals surface area contributed by atoms with E-state index in [0.717, 1.165) is 5.56 Å². The fourth-order valence-corrected chi connectivity index (χ4v) is 5.71. The molecule has 0 saturated heterocycles. The van der Waals surface area contributed by atoms with Gasteiger partial charge in [-0.05, 0) is 54.3 Å². The predicted octanol–water partition coefficient (Wildman–Crippen LogP) is 5.18. The quantitative estimate of drug-likeness (QED) is 0.514. The summed E-state index contributed by atoms with van der Waals surface area (Å²) in [5.41, 5.74) is 2.38. The lowest BCUT2D eigenvalue weighted by Crippen LogP contribution is -2.42. The van der Waals surface area contributed by atoms with Gasteiger partial charge in [-0.25, -0.2) is 13.3 Å². The second-order valence-corrected chi connectivity index (χ2v) is 9.99. The van der Waals surface area contributed by atoms with Crippen molar-refractivity contribution < 1.29 is 13.2 Å². The molecule has 1 atom stereocenters. The lowest BCUT2D eigenvalue weighted by molar-refractivity contribution is 0.0981. The summed E-state index contributed by atoms with van der Waals surface area (Å²) in [7, 11) is -3.52. The van der Waals surface area contributed by atoms with E-state index >= 15 is 0 Å². The molecule has 4 rings (SSSR count). The van der Waals surface area contributed by atoms with Crippen LogP contribution in [0.1, 0.15) is 15.9 Å². The van der Waals surface area contributed by atoms with Gasteiger partial charge in [0.15, 0.2) is 15.5 Å². The molecule has 0 bridgehead atoms. The highest BCUT2D eigenvalue weighted by molar-refractivity contribution is 7.91. The zero-order valence-electron chi connectivity index (χ0n) is 16.5. The summed E-state index contributed by atoms with van der Waals surface area (Å²) in [6.07, 6.45) is 0.476. The smallest absolute Gasteiger partial charge is 0.258 e. The molecular formula is C24H19ClN2O3S. The number of benzene rings is 3. The van der Waals surface area contributed by atoms with Gasteiger partial charge in [0.2, 0.25) is 0 Å². The van der Waals surface area contributed by atoms with E-state index in [1.165, 1.54) is 0 Å².